The number of alkyl carbamates (subject to hydrolysis) is 1. The van der Waals surface area contributed by atoms with Crippen LogP contribution in [0.4, 0.5) is 4.79 Å². The fraction of sp³-hybridized carbons (Fsp3) is 0.214. The number of carbonyl (C=O) groups excluding carboxylic acids is 2. The minimum atomic E-state index is -3.58. The van der Waals surface area contributed by atoms with Gasteiger partial charge in [0.1, 0.15) is 5.78 Å². The van der Waals surface area contributed by atoms with E-state index in [4.69, 9.17) is 9.47 Å². The van der Waals surface area contributed by atoms with Gasteiger partial charge in [0.2, 0.25) is 0 Å². The molecule has 0 aliphatic heterocycles. The molecule has 0 aromatic heterocycles. The summed E-state index contributed by atoms with van der Waals surface area (Å²) >= 11 is 0. The molecule has 3 rings (SSSR count). The van der Waals surface area contributed by atoms with Crippen LogP contribution in [-0.4, -0.2) is 31.1 Å². The molecule has 0 aliphatic carbocycles. The monoisotopic (exact) mass is 491 g/mol. The molecule has 0 heterocycles. The molecule has 1 amide bonds. The number of esters is 1. The average Bonchev–Trinajstić information content (AvgIpc) is 2.89. The van der Waals surface area contributed by atoms with Crippen molar-refractivity contribution < 1.29 is 23.6 Å². The van der Waals surface area contributed by atoms with E-state index in [0.717, 1.165) is 0 Å². The van der Waals surface area contributed by atoms with E-state index >= 15 is 4.57 Å². The van der Waals surface area contributed by atoms with Crippen LogP contribution in [0.1, 0.15) is 26.3 Å². The van der Waals surface area contributed by atoms with Gasteiger partial charge in [-0.25, -0.2) is 9.59 Å². The van der Waals surface area contributed by atoms with Crippen molar-refractivity contribution in [2.45, 2.75) is 26.6 Å². The molecule has 1 unspecified atom stereocenters. The fourth-order valence-electron chi connectivity index (χ4n) is 3.95. The Morgan fingerprint density at radius 1 is 0.771 bits per heavy atom. The number of benzene rings is 3. The summed E-state index contributed by atoms with van der Waals surface area (Å²) in [5.41, 5.74) is 1.27. The summed E-state index contributed by atoms with van der Waals surface area (Å²) in [6, 6.07) is 27.0. The molecular weight excluding hydrogens is 461 g/mol. The van der Waals surface area contributed by atoms with Crippen molar-refractivity contribution in [3.8, 4) is 0 Å². The third-order valence-electron chi connectivity index (χ3n) is 5.52. The first-order valence-corrected chi connectivity index (χ1v) is 13.3. The van der Waals surface area contributed by atoms with E-state index in [1.165, 1.54) is 0 Å². The van der Waals surface area contributed by atoms with Crippen LogP contribution >= 0.6 is 7.14 Å². The molecule has 0 saturated carbocycles. The summed E-state index contributed by atoms with van der Waals surface area (Å²) in [4.78, 5) is 25.9. The maximum atomic E-state index is 15.2. The standard InChI is InChI=1S/C28H30NO5P/c1-4-33-27(30)25(22-15-9-6-10-16-22)21(3)26(29-28(31)34-5-2)35(32,23-17-11-7-12-18-23)24-19-13-8-14-20-24/h6-20,26H,4-5H2,1-3H3,(H,29,31)/b25-21-. The number of carbonyl (C=O) groups is 2. The molecule has 0 bridgehead atoms. The quantitative estimate of drug-likeness (QED) is 0.256. The molecule has 0 saturated heterocycles. The summed E-state index contributed by atoms with van der Waals surface area (Å²) in [6.07, 6.45) is -0.722. The normalized spacial score (nSPS) is 12.8. The van der Waals surface area contributed by atoms with Crippen molar-refractivity contribution in [1.29, 1.82) is 0 Å². The lowest BCUT2D eigenvalue weighted by atomic mass is 10.0. The van der Waals surface area contributed by atoms with E-state index in [2.05, 4.69) is 5.32 Å². The first-order chi connectivity index (χ1) is 16.9. The highest BCUT2D eigenvalue weighted by atomic mass is 31.2. The Balaban J connectivity index is 2.34. The van der Waals surface area contributed by atoms with E-state index in [1.807, 2.05) is 30.3 Å². The second-order valence-electron chi connectivity index (χ2n) is 7.74. The van der Waals surface area contributed by atoms with Gasteiger partial charge in [-0.3, -0.25) is 0 Å². The van der Waals surface area contributed by atoms with Crippen LogP contribution in [0.3, 0.4) is 0 Å². The fourth-order valence-corrected chi connectivity index (χ4v) is 7.04. The maximum absolute atomic E-state index is 15.2. The SMILES string of the molecule is CCOC(=O)NC(/C(C)=C(\C(=O)OCC)c1ccccc1)P(=O)(c1ccccc1)c1ccccc1. The highest BCUT2D eigenvalue weighted by Gasteiger charge is 2.41. The van der Waals surface area contributed by atoms with Crippen molar-refractivity contribution in [2.24, 2.45) is 0 Å². The van der Waals surface area contributed by atoms with Crippen LogP contribution in [0.5, 0.6) is 0 Å². The Morgan fingerprint density at radius 3 is 1.69 bits per heavy atom. The molecule has 1 N–H and O–H groups in total. The van der Waals surface area contributed by atoms with Gasteiger partial charge >= 0.3 is 12.1 Å². The lowest BCUT2D eigenvalue weighted by molar-refractivity contribution is -0.136. The second-order valence-corrected chi connectivity index (χ2v) is 10.6. The first-order valence-electron chi connectivity index (χ1n) is 11.5. The number of rotatable bonds is 9. The smallest absolute Gasteiger partial charge is 0.408 e. The lowest BCUT2D eigenvalue weighted by Crippen LogP contribution is -2.42. The van der Waals surface area contributed by atoms with Gasteiger partial charge in [0.15, 0.2) is 7.14 Å². The zero-order chi connectivity index (χ0) is 25.3. The Morgan fingerprint density at radius 2 is 1.23 bits per heavy atom. The summed E-state index contributed by atoms with van der Waals surface area (Å²) in [5.74, 6) is -1.62. The molecule has 3 aromatic carbocycles. The van der Waals surface area contributed by atoms with Gasteiger partial charge in [0.25, 0.3) is 0 Å². The Hall–Kier alpha value is -3.63. The van der Waals surface area contributed by atoms with E-state index in [-0.39, 0.29) is 18.8 Å². The number of ether oxygens (including phenoxy) is 2. The van der Waals surface area contributed by atoms with Crippen molar-refractivity contribution in [2.75, 3.05) is 13.2 Å². The van der Waals surface area contributed by atoms with Crippen molar-refractivity contribution in [1.82, 2.24) is 5.32 Å². The Kier molecular flexibility index (Phi) is 9.04. The molecule has 0 spiro atoms. The Bertz CT molecular complexity index is 1170. The van der Waals surface area contributed by atoms with Crippen LogP contribution in [-0.2, 0) is 18.8 Å². The van der Waals surface area contributed by atoms with E-state index in [1.54, 1.807) is 81.4 Å². The van der Waals surface area contributed by atoms with Gasteiger partial charge < -0.3 is 19.4 Å². The number of amides is 1. The van der Waals surface area contributed by atoms with Crippen molar-refractivity contribution in [3.05, 3.63) is 102 Å². The molecule has 6 nitrogen and oxygen atoms in total. The molecule has 1 atom stereocenters. The van der Waals surface area contributed by atoms with Crippen LogP contribution < -0.4 is 15.9 Å². The predicted molar refractivity (Wildman–Crippen MR) is 139 cm³/mol. The molecule has 3 aromatic rings. The highest BCUT2D eigenvalue weighted by Crippen LogP contribution is 2.51. The number of hydrogen-bond acceptors (Lipinski definition) is 5. The van der Waals surface area contributed by atoms with Crippen molar-refractivity contribution >= 4 is 35.4 Å². The van der Waals surface area contributed by atoms with Crippen LogP contribution in [0, 0.1) is 0 Å². The van der Waals surface area contributed by atoms with E-state index in [0.29, 0.717) is 21.7 Å². The van der Waals surface area contributed by atoms with Gasteiger partial charge in [-0.15, -0.1) is 0 Å². The molecule has 35 heavy (non-hydrogen) atoms. The van der Waals surface area contributed by atoms with Gasteiger partial charge in [0.05, 0.1) is 18.8 Å². The summed E-state index contributed by atoms with van der Waals surface area (Å²) in [7, 11) is -3.58. The van der Waals surface area contributed by atoms with Crippen LogP contribution in [0.2, 0.25) is 0 Å². The van der Waals surface area contributed by atoms with Gasteiger partial charge in [0, 0.05) is 10.6 Å². The largest absolute Gasteiger partial charge is 0.462 e. The summed E-state index contributed by atoms with van der Waals surface area (Å²) < 4.78 is 25.7. The Labute approximate surface area is 206 Å². The van der Waals surface area contributed by atoms with Gasteiger partial charge in [-0.1, -0.05) is 91.0 Å². The first kappa shape index (κ1) is 26.0. The maximum Gasteiger partial charge on any atom is 0.408 e. The van der Waals surface area contributed by atoms with E-state index < -0.39 is 25.0 Å². The average molecular weight is 492 g/mol. The lowest BCUT2D eigenvalue weighted by Gasteiger charge is -2.31. The minimum Gasteiger partial charge on any atom is -0.462 e. The molecule has 182 valence electrons. The van der Waals surface area contributed by atoms with E-state index in [9.17, 15) is 9.59 Å². The van der Waals surface area contributed by atoms with Crippen LogP contribution in [0.25, 0.3) is 5.57 Å². The predicted octanol–water partition coefficient (Wildman–Crippen LogP) is 5.11. The number of hydrogen-bond donors (Lipinski definition) is 1. The topological polar surface area (TPSA) is 81.7 Å². The summed E-state index contributed by atoms with van der Waals surface area (Å²) in [5, 5.41) is 3.90. The zero-order valence-electron chi connectivity index (χ0n) is 20.1. The van der Waals surface area contributed by atoms with Gasteiger partial charge in [-0.05, 0) is 31.9 Å². The molecule has 0 fully saturated rings. The minimum absolute atomic E-state index is 0.145. The molecule has 0 radical (unpaired) electrons. The molecule has 0 aliphatic rings. The molecular formula is C28H30NO5P. The highest BCUT2D eigenvalue weighted by molar-refractivity contribution is 7.79. The number of nitrogens with one attached hydrogen (secondary N) is 1. The molecule has 7 heteroatoms. The van der Waals surface area contributed by atoms with Crippen molar-refractivity contribution in [3.63, 3.8) is 0 Å². The van der Waals surface area contributed by atoms with Crippen LogP contribution in [0.15, 0.2) is 96.6 Å². The third kappa shape index (κ3) is 5.90. The van der Waals surface area contributed by atoms with Gasteiger partial charge in [-0.2, -0.15) is 0 Å². The third-order valence-corrected chi connectivity index (χ3v) is 8.89. The zero-order valence-corrected chi connectivity index (χ0v) is 21.0. The summed E-state index contributed by atoms with van der Waals surface area (Å²) in [6.45, 7) is 5.44. The second kappa shape index (κ2) is 12.2.